The molecule has 0 spiro atoms. The quantitative estimate of drug-likeness (QED) is 0.815. The lowest BCUT2D eigenvalue weighted by Crippen LogP contribution is -2.42. The Morgan fingerprint density at radius 3 is 3.00 bits per heavy atom. The summed E-state index contributed by atoms with van der Waals surface area (Å²) in [5.41, 5.74) is 0. The van der Waals surface area contributed by atoms with Gasteiger partial charge in [-0.25, -0.2) is 4.98 Å². The molecule has 1 aromatic rings. The maximum Gasteiger partial charge on any atom is 0.138 e. The molecule has 1 aliphatic rings. The molecule has 3 atom stereocenters. The smallest absolute Gasteiger partial charge is 0.138 e. The fraction of sp³-hybridized carbons (Fsp3) is 0.857. The Bertz CT molecular complexity index is 379. The van der Waals surface area contributed by atoms with Gasteiger partial charge in [-0.15, -0.1) is 0 Å². The van der Waals surface area contributed by atoms with E-state index in [0.29, 0.717) is 18.1 Å². The van der Waals surface area contributed by atoms with Gasteiger partial charge < -0.3 is 10.1 Å². The third-order valence-electron chi connectivity index (χ3n) is 4.04. The summed E-state index contributed by atoms with van der Waals surface area (Å²) in [4.78, 5) is 4.40. The fourth-order valence-electron chi connectivity index (χ4n) is 3.09. The number of hydrogen-bond acceptors (Lipinski definition) is 4. The molecule has 0 aliphatic carbocycles. The van der Waals surface area contributed by atoms with Gasteiger partial charge in [-0.3, -0.25) is 4.68 Å². The van der Waals surface area contributed by atoms with Crippen LogP contribution < -0.4 is 5.32 Å². The van der Waals surface area contributed by atoms with Gasteiger partial charge in [-0.2, -0.15) is 5.10 Å². The number of aryl methyl sites for hydroxylation is 1. The number of rotatable bonds is 7. The zero-order valence-corrected chi connectivity index (χ0v) is 12.3. The van der Waals surface area contributed by atoms with Crippen LogP contribution in [0.2, 0.25) is 0 Å². The molecule has 0 radical (unpaired) electrons. The van der Waals surface area contributed by atoms with E-state index >= 15 is 0 Å². The van der Waals surface area contributed by atoms with Crippen LogP contribution in [0.25, 0.3) is 0 Å². The van der Waals surface area contributed by atoms with Crippen molar-refractivity contribution in [1.29, 1.82) is 0 Å². The van der Waals surface area contributed by atoms with Crippen molar-refractivity contribution in [2.45, 2.75) is 58.7 Å². The van der Waals surface area contributed by atoms with Crippen LogP contribution >= 0.6 is 0 Å². The standard InChI is InChI=1S/C14H26N4O/c1-4-13-11(7-8-19-13)12(15-5-2)9-14-16-10-17-18(14)6-3/h10-13,15H,4-9H2,1-3H3. The van der Waals surface area contributed by atoms with Crippen molar-refractivity contribution < 1.29 is 4.74 Å². The summed E-state index contributed by atoms with van der Waals surface area (Å²) >= 11 is 0. The van der Waals surface area contributed by atoms with Crippen LogP contribution in [0.1, 0.15) is 39.4 Å². The van der Waals surface area contributed by atoms with E-state index in [0.717, 1.165) is 44.8 Å². The lowest BCUT2D eigenvalue weighted by atomic mass is 9.89. The van der Waals surface area contributed by atoms with E-state index in [1.165, 1.54) is 0 Å². The van der Waals surface area contributed by atoms with Crippen molar-refractivity contribution in [1.82, 2.24) is 20.1 Å². The summed E-state index contributed by atoms with van der Waals surface area (Å²) < 4.78 is 7.82. The first-order valence-corrected chi connectivity index (χ1v) is 7.51. The molecule has 0 aromatic carbocycles. The summed E-state index contributed by atoms with van der Waals surface area (Å²) in [5, 5.41) is 7.88. The number of nitrogens with zero attached hydrogens (tertiary/aromatic N) is 3. The summed E-state index contributed by atoms with van der Waals surface area (Å²) in [6.07, 6.45) is 5.22. The van der Waals surface area contributed by atoms with E-state index in [4.69, 9.17) is 4.74 Å². The van der Waals surface area contributed by atoms with Gasteiger partial charge >= 0.3 is 0 Å². The first-order valence-electron chi connectivity index (χ1n) is 7.51. The van der Waals surface area contributed by atoms with Crippen molar-refractivity contribution in [2.75, 3.05) is 13.2 Å². The number of likely N-dealkylation sites (N-methyl/N-ethyl adjacent to an activating group) is 1. The minimum atomic E-state index is 0.391. The molecule has 1 fully saturated rings. The lowest BCUT2D eigenvalue weighted by Gasteiger charge is -2.27. The average Bonchev–Trinajstić information content (AvgIpc) is 3.06. The molecular formula is C14H26N4O. The van der Waals surface area contributed by atoms with Gasteiger partial charge in [0.2, 0.25) is 0 Å². The predicted octanol–water partition coefficient (Wildman–Crippen LogP) is 1.63. The van der Waals surface area contributed by atoms with Gasteiger partial charge in [-0.1, -0.05) is 13.8 Å². The average molecular weight is 266 g/mol. The van der Waals surface area contributed by atoms with Crippen LogP contribution in [0.3, 0.4) is 0 Å². The molecule has 0 saturated carbocycles. The summed E-state index contributed by atoms with van der Waals surface area (Å²) in [6.45, 7) is 9.23. The topological polar surface area (TPSA) is 52.0 Å². The number of ether oxygens (including phenoxy) is 1. The highest BCUT2D eigenvalue weighted by Crippen LogP contribution is 2.28. The van der Waals surface area contributed by atoms with Crippen molar-refractivity contribution in [3.8, 4) is 0 Å². The van der Waals surface area contributed by atoms with Crippen molar-refractivity contribution in [3.05, 3.63) is 12.2 Å². The Morgan fingerprint density at radius 2 is 2.32 bits per heavy atom. The summed E-state index contributed by atoms with van der Waals surface area (Å²) in [7, 11) is 0. The normalized spacial score (nSPS) is 24.8. The van der Waals surface area contributed by atoms with Gasteiger partial charge in [0, 0.05) is 31.5 Å². The second-order valence-corrected chi connectivity index (χ2v) is 5.13. The minimum Gasteiger partial charge on any atom is -0.378 e. The highest BCUT2D eigenvalue weighted by Gasteiger charge is 2.33. The molecule has 3 unspecified atom stereocenters. The SMILES string of the molecule is CCNC(Cc1ncnn1CC)C1CCOC1CC. The molecule has 2 rings (SSSR count). The monoisotopic (exact) mass is 266 g/mol. The first-order chi connectivity index (χ1) is 9.30. The van der Waals surface area contributed by atoms with Crippen molar-refractivity contribution >= 4 is 0 Å². The number of aromatic nitrogens is 3. The van der Waals surface area contributed by atoms with Crippen LogP contribution in [-0.2, 0) is 17.7 Å². The van der Waals surface area contributed by atoms with Crippen LogP contribution in [0.15, 0.2) is 6.33 Å². The van der Waals surface area contributed by atoms with E-state index in [-0.39, 0.29) is 0 Å². The van der Waals surface area contributed by atoms with Crippen LogP contribution in [-0.4, -0.2) is 40.1 Å². The third kappa shape index (κ3) is 3.34. The summed E-state index contributed by atoms with van der Waals surface area (Å²) in [6, 6.07) is 0.437. The van der Waals surface area contributed by atoms with Crippen LogP contribution in [0.4, 0.5) is 0 Å². The van der Waals surface area contributed by atoms with Gasteiger partial charge in [0.25, 0.3) is 0 Å². The zero-order chi connectivity index (χ0) is 13.7. The Kier molecular flexibility index (Phi) is 5.34. The molecule has 1 N–H and O–H groups in total. The maximum atomic E-state index is 5.83. The number of hydrogen-bond donors (Lipinski definition) is 1. The molecule has 1 aliphatic heterocycles. The molecule has 0 bridgehead atoms. The molecule has 0 amide bonds. The van der Waals surface area contributed by atoms with Crippen LogP contribution in [0.5, 0.6) is 0 Å². The molecule has 1 saturated heterocycles. The highest BCUT2D eigenvalue weighted by atomic mass is 16.5. The Labute approximate surface area is 115 Å². The number of nitrogens with one attached hydrogen (secondary N) is 1. The van der Waals surface area contributed by atoms with Crippen molar-refractivity contribution in [3.63, 3.8) is 0 Å². The van der Waals surface area contributed by atoms with Gasteiger partial charge in [0.1, 0.15) is 12.2 Å². The fourth-order valence-corrected chi connectivity index (χ4v) is 3.09. The maximum absolute atomic E-state index is 5.83. The van der Waals surface area contributed by atoms with E-state index in [1.54, 1.807) is 6.33 Å². The second kappa shape index (κ2) is 7.01. The lowest BCUT2D eigenvalue weighted by molar-refractivity contribution is 0.0773. The van der Waals surface area contributed by atoms with Gasteiger partial charge in [-0.05, 0) is 26.3 Å². The first kappa shape index (κ1) is 14.5. The van der Waals surface area contributed by atoms with Crippen LogP contribution in [0, 0.1) is 5.92 Å². The molecular weight excluding hydrogens is 240 g/mol. The predicted molar refractivity (Wildman–Crippen MR) is 75.0 cm³/mol. The van der Waals surface area contributed by atoms with Crippen molar-refractivity contribution in [2.24, 2.45) is 5.92 Å². The Morgan fingerprint density at radius 1 is 1.47 bits per heavy atom. The van der Waals surface area contributed by atoms with Gasteiger partial charge in [0.15, 0.2) is 0 Å². The molecule has 5 nitrogen and oxygen atoms in total. The van der Waals surface area contributed by atoms with E-state index in [2.05, 4.69) is 36.2 Å². The molecule has 108 valence electrons. The van der Waals surface area contributed by atoms with E-state index in [9.17, 15) is 0 Å². The van der Waals surface area contributed by atoms with E-state index < -0.39 is 0 Å². The minimum absolute atomic E-state index is 0.391. The largest absolute Gasteiger partial charge is 0.378 e. The Balaban J connectivity index is 2.07. The van der Waals surface area contributed by atoms with Gasteiger partial charge in [0.05, 0.1) is 6.10 Å². The zero-order valence-electron chi connectivity index (χ0n) is 12.3. The molecule has 2 heterocycles. The third-order valence-corrected chi connectivity index (χ3v) is 4.04. The molecule has 1 aromatic heterocycles. The molecule has 19 heavy (non-hydrogen) atoms. The Hall–Kier alpha value is -0.940. The molecule has 5 heteroatoms. The van der Waals surface area contributed by atoms with E-state index in [1.807, 2.05) is 4.68 Å². The highest BCUT2D eigenvalue weighted by molar-refractivity contribution is 4.95. The second-order valence-electron chi connectivity index (χ2n) is 5.13. The summed E-state index contributed by atoms with van der Waals surface area (Å²) in [5.74, 6) is 1.67.